The van der Waals surface area contributed by atoms with Crippen molar-refractivity contribution in [1.29, 1.82) is 0 Å². The van der Waals surface area contributed by atoms with Crippen molar-refractivity contribution in [3.63, 3.8) is 0 Å². The summed E-state index contributed by atoms with van der Waals surface area (Å²) in [6.07, 6.45) is 2.63. The van der Waals surface area contributed by atoms with Gasteiger partial charge in [-0.3, -0.25) is 0 Å². The third-order valence-electron chi connectivity index (χ3n) is 2.29. The molecule has 1 aliphatic heterocycles. The van der Waals surface area contributed by atoms with E-state index in [-0.39, 0.29) is 0 Å². The van der Waals surface area contributed by atoms with Gasteiger partial charge in [0.05, 0.1) is 0 Å². The number of halogens is 1. The maximum atomic E-state index is 5.64. The Morgan fingerprint density at radius 2 is 2.10 bits per heavy atom. The lowest BCUT2D eigenvalue weighted by Gasteiger charge is -2.34. The number of piperidine rings is 1. The average molecular weight is 158 g/mol. The highest BCUT2D eigenvalue weighted by Gasteiger charge is 2.21. The van der Waals surface area contributed by atoms with Crippen molar-refractivity contribution in [2.45, 2.75) is 32.7 Å². The Morgan fingerprint density at radius 3 is 2.60 bits per heavy atom. The quantitative estimate of drug-likeness (QED) is 0.527. The summed E-state index contributed by atoms with van der Waals surface area (Å²) in [6, 6.07) is 0.647. The smallest absolute Gasteiger partial charge is 0.329 e. The molecule has 1 saturated heterocycles. The van der Waals surface area contributed by atoms with Gasteiger partial charge in [0.1, 0.15) is 0 Å². The predicted octanol–water partition coefficient (Wildman–Crippen LogP) is 1.88. The molecule has 57 valence electrons. The van der Waals surface area contributed by atoms with E-state index in [1.165, 1.54) is 12.8 Å². The van der Waals surface area contributed by atoms with Crippen LogP contribution in [0.25, 0.3) is 0 Å². The number of nitrogens with zero attached hydrogens (tertiary/aromatic N) is 1. The summed E-state index contributed by atoms with van der Waals surface area (Å²) in [5.74, 6) is 0.811. The monoisotopic (exact) mass is 158 g/mol. The summed E-state index contributed by atoms with van der Waals surface area (Å²) in [7, 11) is 0. The van der Waals surface area contributed by atoms with Gasteiger partial charge in [0.25, 0.3) is 0 Å². The van der Waals surface area contributed by atoms with E-state index < -0.39 is 0 Å². The molecule has 0 bridgehead atoms. The van der Waals surface area contributed by atoms with Gasteiger partial charge in [-0.1, -0.05) is 13.8 Å². The molecule has 1 nitrogen and oxygen atoms in total. The summed E-state index contributed by atoms with van der Waals surface area (Å²) < 4.78 is 0. The van der Waals surface area contributed by atoms with Crippen molar-refractivity contribution in [3.8, 4) is 0 Å². The fraction of sp³-hybridized carbons (Fsp3) is 1.00. The van der Waals surface area contributed by atoms with Crippen molar-refractivity contribution >= 4 is 18.3 Å². The molecular formula is C7H14BClN. The Morgan fingerprint density at radius 1 is 1.40 bits per heavy atom. The van der Waals surface area contributed by atoms with Crippen LogP contribution in [0.15, 0.2) is 0 Å². The molecule has 2 unspecified atom stereocenters. The summed E-state index contributed by atoms with van der Waals surface area (Å²) >= 11 is 5.64. The van der Waals surface area contributed by atoms with Crippen molar-refractivity contribution in [3.05, 3.63) is 0 Å². The minimum absolute atomic E-state index is 0.647. The van der Waals surface area contributed by atoms with Crippen LogP contribution in [0.5, 0.6) is 0 Å². The number of hydrogen-bond donors (Lipinski definition) is 0. The van der Waals surface area contributed by atoms with E-state index in [1.54, 1.807) is 6.83 Å². The van der Waals surface area contributed by atoms with Crippen LogP contribution in [0.1, 0.15) is 26.7 Å². The molecule has 0 spiro atoms. The molecule has 1 heterocycles. The first-order chi connectivity index (χ1) is 4.74. The van der Waals surface area contributed by atoms with Crippen LogP contribution >= 0.6 is 11.5 Å². The van der Waals surface area contributed by atoms with Gasteiger partial charge in [-0.05, 0) is 31.3 Å². The molecule has 1 fully saturated rings. The normalized spacial score (nSPS) is 35.9. The van der Waals surface area contributed by atoms with Gasteiger partial charge < -0.3 is 4.81 Å². The van der Waals surface area contributed by atoms with Crippen LogP contribution in [0.2, 0.25) is 0 Å². The summed E-state index contributed by atoms with van der Waals surface area (Å²) in [5, 5.41) is 0. The SMILES string of the molecule is CC1CCC(C)N([B]Cl)C1. The van der Waals surface area contributed by atoms with Crippen LogP contribution in [0.3, 0.4) is 0 Å². The Labute approximate surface area is 68.9 Å². The first-order valence-electron chi connectivity index (χ1n) is 3.93. The predicted molar refractivity (Wildman–Crippen MR) is 46.2 cm³/mol. The van der Waals surface area contributed by atoms with Crippen LogP contribution in [0, 0.1) is 5.92 Å². The Kier molecular flexibility index (Phi) is 3.06. The molecule has 0 amide bonds. The van der Waals surface area contributed by atoms with Crippen LogP contribution in [0.4, 0.5) is 0 Å². The second-order valence-corrected chi connectivity index (χ2v) is 3.52. The molecular weight excluding hydrogens is 144 g/mol. The van der Waals surface area contributed by atoms with Crippen LogP contribution in [-0.2, 0) is 0 Å². The molecule has 3 heteroatoms. The highest BCUT2D eigenvalue weighted by molar-refractivity contribution is 6.92. The lowest BCUT2D eigenvalue weighted by molar-refractivity contribution is 0.223. The third kappa shape index (κ3) is 1.90. The molecule has 0 N–H and O–H groups in total. The number of rotatable bonds is 1. The molecule has 0 aromatic heterocycles. The molecule has 0 aliphatic carbocycles. The van der Waals surface area contributed by atoms with E-state index in [2.05, 4.69) is 18.7 Å². The molecule has 1 rings (SSSR count). The zero-order valence-corrected chi connectivity index (χ0v) is 7.43. The average Bonchev–Trinajstić information content (AvgIpc) is 1.94. The first-order valence-corrected chi connectivity index (χ1v) is 4.37. The summed E-state index contributed by atoms with van der Waals surface area (Å²) in [5.41, 5.74) is 0. The fourth-order valence-corrected chi connectivity index (χ4v) is 1.73. The lowest BCUT2D eigenvalue weighted by Crippen LogP contribution is -2.41. The van der Waals surface area contributed by atoms with Gasteiger partial charge in [0.2, 0.25) is 0 Å². The minimum atomic E-state index is 0.647. The zero-order chi connectivity index (χ0) is 7.56. The van der Waals surface area contributed by atoms with Gasteiger partial charge >= 0.3 is 6.83 Å². The molecule has 10 heavy (non-hydrogen) atoms. The fourth-order valence-electron chi connectivity index (χ4n) is 1.46. The molecule has 0 aromatic rings. The van der Waals surface area contributed by atoms with Gasteiger partial charge in [-0.2, -0.15) is 11.5 Å². The molecule has 2 atom stereocenters. The largest absolute Gasteiger partial charge is 0.335 e. The van der Waals surface area contributed by atoms with Crippen molar-refractivity contribution in [2.24, 2.45) is 5.92 Å². The second kappa shape index (κ2) is 3.63. The highest BCUT2D eigenvalue weighted by atomic mass is 35.5. The van der Waals surface area contributed by atoms with E-state index in [9.17, 15) is 0 Å². The van der Waals surface area contributed by atoms with E-state index in [0.717, 1.165) is 12.5 Å². The third-order valence-corrected chi connectivity index (χ3v) is 2.54. The first kappa shape index (κ1) is 8.41. The Hall–Kier alpha value is 0.315. The second-order valence-electron chi connectivity index (χ2n) is 3.33. The van der Waals surface area contributed by atoms with E-state index >= 15 is 0 Å². The number of hydrogen-bond acceptors (Lipinski definition) is 1. The Balaban J connectivity index is 2.38. The van der Waals surface area contributed by atoms with Gasteiger partial charge in [0, 0.05) is 0 Å². The Bertz CT molecular complexity index is 110. The lowest BCUT2D eigenvalue weighted by atomic mass is 9.92. The molecule has 0 saturated carbocycles. The van der Waals surface area contributed by atoms with Gasteiger partial charge in [-0.25, -0.2) is 0 Å². The standard InChI is InChI=1S/C7H14BClN/c1-6-3-4-7(2)10(5-6)8-9/h6-7H,3-5H2,1-2H3. The van der Waals surface area contributed by atoms with E-state index in [4.69, 9.17) is 11.5 Å². The molecule has 1 radical (unpaired) electrons. The zero-order valence-electron chi connectivity index (χ0n) is 6.68. The summed E-state index contributed by atoms with van der Waals surface area (Å²) in [4.78, 5) is 2.22. The van der Waals surface area contributed by atoms with Crippen LogP contribution in [-0.4, -0.2) is 24.2 Å². The van der Waals surface area contributed by atoms with Crippen molar-refractivity contribution in [2.75, 3.05) is 6.54 Å². The topological polar surface area (TPSA) is 3.24 Å². The van der Waals surface area contributed by atoms with Crippen molar-refractivity contribution in [1.82, 2.24) is 4.81 Å². The highest BCUT2D eigenvalue weighted by Crippen LogP contribution is 2.20. The molecule has 1 aliphatic rings. The van der Waals surface area contributed by atoms with E-state index in [0.29, 0.717) is 6.04 Å². The minimum Gasteiger partial charge on any atom is -0.329 e. The van der Waals surface area contributed by atoms with Gasteiger partial charge in [-0.15, -0.1) is 0 Å². The van der Waals surface area contributed by atoms with Gasteiger partial charge in [0.15, 0.2) is 0 Å². The van der Waals surface area contributed by atoms with Crippen LogP contribution < -0.4 is 0 Å². The van der Waals surface area contributed by atoms with Crippen molar-refractivity contribution < 1.29 is 0 Å². The summed E-state index contributed by atoms with van der Waals surface area (Å²) in [6.45, 7) is 7.33. The molecule has 0 aromatic carbocycles. The maximum absolute atomic E-state index is 5.64. The van der Waals surface area contributed by atoms with E-state index in [1.807, 2.05) is 0 Å². The maximum Gasteiger partial charge on any atom is 0.335 e.